The lowest BCUT2D eigenvalue weighted by atomic mass is 10.1. The van der Waals surface area contributed by atoms with Crippen LogP contribution < -0.4 is 5.32 Å². The monoisotopic (exact) mass is 233 g/mol. The van der Waals surface area contributed by atoms with E-state index in [-0.39, 0.29) is 11.7 Å². The van der Waals surface area contributed by atoms with Crippen LogP contribution in [-0.4, -0.2) is 5.91 Å². The molecular formula is C13H15NO3. The van der Waals surface area contributed by atoms with E-state index >= 15 is 0 Å². The molecule has 0 radical (unpaired) electrons. The number of amides is 1. The topological polar surface area (TPSA) is 55.4 Å². The molecular weight excluding hydrogens is 218 g/mol. The molecule has 90 valence electrons. The van der Waals surface area contributed by atoms with Crippen molar-refractivity contribution in [3.05, 3.63) is 41.0 Å². The van der Waals surface area contributed by atoms with Gasteiger partial charge in [-0.25, -0.2) is 0 Å². The average molecular weight is 233 g/mol. The molecule has 0 bridgehead atoms. The third-order valence-electron chi connectivity index (χ3n) is 2.80. The van der Waals surface area contributed by atoms with Crippen molar-refractivity contribution in [3.63, 3.8) is 0 Å². The van der Waals surface area contributed by atoms with Gasteiger partial charge in [0.2, 0.25) is 5.88 Å². The Labute approximate surface area is 99.6 Å². The molecule has 0 fully saturated rings. The summed E-state index contributed by atoms with van der Waals surface area (Å²) in [7, 11) is 0. The molecule has 0 spiro atoms. The number of carbonyl (C=O) groups excluding carboxylic acids is 1. The highest BCUT2D eigenvalue weighted by Crippen LogP contribution is 2.26. The first kappa shape index (κ1) is 11.5. The normalized spacial score (nSPS) is 10.5. The fourth-order valence-corrected chi connectivity index (χ4v) is 1.90. The van der Waals surface area contributed by atoms with Crippen LogP contribution in [0.2, 0.25) is 0 Å². The highest BCUT2D eigenvalue weighted by molar-refractivity contribution is 6.01. The second kappa shape index (κ2) is 4.49. The Hall–Kier alpha value is -1.97. The Morgan fingerprint density at radius 2 is 2.18 bits per heavy atom. The number of nitrogens with one attached hydrogen (secondary N) is 1. The largest absolute Gasteiger partial charge is 0.459 e. The molecule has 0 unspecified atom stereocenters. The summed E-state index contributed by atoms with van der Waals surface area (Å²) >= 11 is 0. The first-order valence-corrected chi connectivity index (χ1v) is 5.57. The molecule has 0 aromatic carbocycles. The quantitative estimate of drug-likeness (QED) is 0.884. The molecule has 0 aliphatic carbocycles. The van der Waals surface area contributed by atoms with Crippen LogP contribution in [0.5, 0.6) is 0 Å². The van der Waals surface area contributed by atoms with Gasteiger partial charge in [-0.3, -0.25) is 10.1 Å². The van der Waals surface area contributed by atoms with E-state index in [0.29, 0.717) is 5.88 Å². The predicted octanol–water partition coefficient (Wildman–Crippen LogP) is 3.30. The van der Waals surface area contributed by atoms with Gasteiger partial charge in [0.05, 0.1) is 6.26 Å². The lowest BCUT2D eigenvalue weighted by molar-refractivity contribution is 0.0994. The zero-order valence-corrected chi connectivity index (χ0v) is 10.2. The Kier molecular flexibility index (Phi) is 3.04. The fraction of sp³-hybridized carbons (Fsp3) is 0.308. The number of hydrogen-bond donors (Lipinski definition) is 1. The molecule has 2 aromatic rings. The van der Waals surface area contributed by atoms with Gasteiger partial charge in [-0.1, -0.05) is 6.92 Å². The molecule has 2 rings (SSSR count). The lowest BCUT2D eigenvalue weighted by Crippen LogP contribution is -2.10. The number of hydrogen-bond acceptors (Lipinski definition) is 3. The van der Waals surface area contributed by atoms with E-state index in [1.54, 1.807) is 12.1 Å². The van der Waals surface area contributed by atoms with Crippen molar-refractivity contribution in [2.24, 2.45) is 0 Å². The van der Waals surface area contributed by atoms with Crippen LogP contribution in [0.15, 0.2) is 27.2 Å². The van der Waals surface area contributed by atoms with Crippen LogP contribution >= 0.6 is 0 Å². The number of rotatable bonds is 3. The smallest absolute Gasteiger partial charge is 0.293 e. The van der Waals surface area contributed by atoms with E-state index in [0.717, 1.165) is 23.3 Å². The molecule has 0 saturated carbocycles. The summed E-state index contributed by atoms with van der Waals surface area (Å²) in [5.41, 5.74) is 2.12. The van der Waals surface area contributed by atoms with E-state index < -0.39 is 0 Å². The van der Waals surface area contributed by atoms with Gasteiger partial charge in [0.15, 0.2) is 5.76 Å². The van der Waals surface area contributed by atoms with Gasteiger partial charge in [0.25, 0.3) is 5.91 Å². The summed E-state index contributed by atoms with van der Waals surface area (Å²) in [4.78, 5) is 11.8. The number of carbonyl (C=O) groups is 1. The van der Waals surface area contributed by atoms with Crippen molar-refractivity contribution in [2.45, 2.75) is 27.2 Å². The van der Waals surface area contributed by atoms with E-state index in [1.807, 2.05) is 13.8 Å². The molecule has 17 heavy (non-hydrogen) atoms. The molecule has 0 aliphatic rings. The molecule has 0 saturated heterocycles. The molecule has 0 atom stereocenters. The minimum atomic E-state index is -0.297. The van der Waals surface area contributed by atoms with E-state index in [2.05, 4.69) is 12.2 Å². The summed E-state index contributed by atoms with van der Waals surface area (Å²) in [5.74, 6) is 1.33. The SMILES string of the molecule is CCc1c(C)oc(NC(=O)c2ccco2)c1C. The summed E-state index contributed by atoms with van der Waals surface area (Å²) in [5, 5.41) is 2.71. The molecule has 2 heterocycles. The van der Waals surface area contributed by atoms with Crippen LogP contribution in [0.25, 0.3) is 0 Å². The number of furan rings is 2. The minimum absolute atomic E-state index is 0.275. The van der Waals surface area contributed by atoms with Crippen LogP contribution in [0.4, 0.5) is 5.88 Å². The lowest BCUT2D eigenvalue weighted by Gasteiger charge is -2.00. The standard InChI is InChI=1S/C13H15NO3/c1-4-10-8(2)13(17-9(10)3)14-12(15)11-6-5-7-16-11/h5-7H,4H2,1-3H3,(H,14,15). The molecule has 0 aliphatic heterocycles. The highest BCUT2D eigenvalue weighted by atomic mass is 16.4. The predicted molar refractivity (Wildman–Crippen MR) is 64.2 cm³/mol. The third-order valence-corrected chi connectivity index (χ3v) is 2.80. The van der Waals surface area contributed by atoms with E-state index in [9.17, 15) is 4.79 Å². The Morgan fingerprint density at radius 1 is 1.41 bits per heavy atom. The van der Waals surface area contributed by atoms with E-state index in [1.165, 1.54) is 6.26 Å². The van der Waals surface area contributed by atoms with Crippen molar-refractivity contribution in [2.75, 3.05) is 5.32 Å². The fourth-order valence-electron chi connectivity index (χ4n) is 1.90. The summed E-state index contributed by atoms with van der Waals surface area (Å²) in [6.07, 6.45) is 2.35. The van der Waals surface area contributed by atoms with Crippen molar-refractivity contribution < 1.29 is 13.6 Å². The zero-order chi connectivity index (χ0) is 12.4. The molecule has 1 N–H and O–H groups in total. The maximum absolute atomic E-state index is 11.8. The van der Waals surface area contributed by atoms with Crippen LogP contribution in [0, 0.1) is 13.8 Å². The van der Waals surface area contributed by atoms with Crippen LogP contribution in [0.3, 0.4) is 0 Å². The second-order valence-electron chi connectivity index (χ2n) is 3.88. The number of aryl methyl sites for hydroxylation is 1. The highest BCUT2D eigenvalue weighted by Gasteiger charge is 2.16. The molecule has 4 nitrogen and oxygen atoms in total. The van der Waals surface area contributed by atoms with Gasteiger partial charge in [0, 0.05) is 5.56 Å². The maximum atomic E-state index is 11.8. The van der Waals surface area contributed by atoms with Crippen molar-refractivity contribution in [1.82, 2.24) is 0 Å². The number of anilines is 1. The van der Waals surface area contributed by atoms with Crippen LogP contribution in [-0.2, 0) is 6.42 Å². The van der Waals surface area contributed by atoms with Crippen molar-refractivity contribution in [1.29, 1.82) is 0 Å². The first-order valence-electron chi connectivity index (χ1n) is 5.57. The zero-order valence-electron chi connectivity index (χ0n) is 10.2. The van der Waals surface area contributed by atoms with Gasteiger partial charge in [0.1, 0.15) is 5.76 Å². The summed E-state index contributed by atoms with van der Waals surface area (Å²) < 4.78 is 10.5. The molecule has 1 amide bonds. The van der Waals surface area contributed by atoms with Gasteiger partial charge in [-0.15, -0.1) is 0 Å². The molecule has 4 heteroatoms. The average Bonchev–Trinajstić information content (AvgIpc) is 2.89. The third kappa shape index (κ3) is 2.11. The Bertz CT molecular complexity index is 523. The Balaban J connectivity index is 2.22. The Morgan fingerprint density at radius 3 is 2.71 bits per heavy atom. The van der Waals surface area contributed by atoms with Crippen molar-refractivity contribution >= 4 is 11.8 Å². The van der Waals surface area contributed by atoms with Crippen LogP contribution in [0.1, 0.15) is 34.4 Å². The van der Waals surface area contributed by atoms with Gasteiger partial charge < -0.3 is 8.83 Å². The first-order chi connectivity index (χ1) is 8.13. The van der Waals surface area contributed by atoms with Gasteiger partial charge >= 0.3 is 0 Å². The van der Waals surface area contributed by atoms with Gasteiger partial charge in [-0.2, -0.15) is 0 Å². The summed E-state index contributed by atoms with van der Waals surface area (Å²) in [6.45, 7) is 5.89. The van der Waals surface area contributed by atoms with Gasteiger partial charge in [-0.05, 0) is 38.0 Å². The molecule has 2 aromatic heterocycles. The van der Waals surface area contributed by atoms with E-state index in [4.69, 9.17) is 8.83 Å². The minimum Gasteiger partial charge on any atom is -0.459 e. The summed E-state index contributed by atoms with van der Waals surface area (Å²) in [6, 6.07) is 3.29. The van der Waals surface area contributed by atoms with Crippen molar-refractivity contribution in [3.8, 4) is 0 Å². The second-order valence-corrected chi connectivity index (χ2v) is 3.88. The maximum Gasteiger partial charge on any atom is 0.293 e.